The van der Waals surface area contributed by atoms with Gasteiger partial charge in [0.05, 0.1) is 18.2 Å². The normalized spacial score (nSPS) is 17.5. The van der Waals surface area contributed by atoms with Crippen LogP contribution in [0, 0.1) is 19.8 Å². The van der Waals surface area contributed by atoms with Gasteiger partial charge < -0.3 is 10.0 Å². The van der Waals surface area contributed by atoms with E-state index in [0.717, 1.165) is 23.4 Å². The average Bonchev–Trinajstić information content (AvgIpc) is 2.92. The summed E-state index contributed by atoms with van der Waals surface area (Å²) in [7, 11) is 0. The molecule has 1 fully saturated rings. The fraction of sp³-hybridized carbons (Fsp3) is 0.421. The molecule has 0 bridgehead atoms. The molecule has 2 aromatic rings. The number of carboxylic acid groups (broad SMARTS) is 1. The highest BCUT2D eigenvalue weighted by Gasteiger charge is 2.28. The van der Waals surface area contributed by atoms with E-state index in [1.165, 1.54) is 0 Å². The third kappa shape index (κ3) is 3.90. The predicted octanol–water partition coefficient (Wildman–Crippen LogP) is 2.49. The van der Waals surface area contributed by atoms with Crippen LogP contribution in [0.4, 0.5) is 0 Å². The van der Waals surface area contributed by atoms with Crippen LogP contribution < -0.4 is 0 Å². The Morgan fingerprint density at radius 1 is 1.24 bits per heavy atom. The quantitative estimate of drug-likeness (QED) is 0.927. The van der Waals surface area contributed by atoms with Gasteiger partial charge in [-0.15, -0.1) is 0 Å². The third-order valence-corrected chi connectivity index (χ3v) is 4.69. The van der Waals surface area contributed by atoms with E-state index < -0.39 is 11.9 Å². The SMILES string of the molecule is Cc1cc(C)n(Cc2ccc(C(=O)N3CCC[C@@H](C(=O)O)C3)cc2)n1. The van der Waals surface area contributed by atoms with Crippen molar-refractivity contribution in [1.82, 2.24) is 14.7 Å². The fourth-order valence-corrected chi connectivity index (χ4v) is 3.31. The molecule has 132 valence electrons. The Bertz CT molecular complexity index is 780. The summed E-state index contributed by atoms with van der Waals surface area (Å²) in [6.45, 7) is 5.57. The fourth-order valence-electron chi connectivity index (χ4n) is 3.31. The molecule has 0 radical (unpaired) electrons. The molecule has 0 aliphatic carbocycles. The smallest absolute Gasteiger partial charge is 0.308 e. The topological polar surface area (TPSA) is 75.4 Å². The van der Waals surface area contributed by atoms with Crippen LogP contribution in [0.2, 0.25) is 0 Å². The number of piperidine rings is 1. The largest absolute Gasteiger partial charge is 0.481 e. The van der Waals surface area contributed by atoms with Crippen molar-refractivity contribution < 1.29 is 14.7 Å². The highest BCUT2D eigenvalue weighted by atomic mass is 16.4. The number of aryl methyl sites for hydroxylation is 2. The second-order valence-corrected chi connectivity index (χ2v) is 6.71. The molecule has 0 spiro atoms. The van der Waals surface area contributed by atoms with Crippen molar-refractivity contribution in [3.63, 3.8) is 0 Å². The Labute approximate surface area is 147 Å². The number of carbonyl (C=O) groups excluding carboxylic acids is 1. The number of hydrogen-bond acceptors (Lipinski definition) is 3. The monoisotopic (exact) mass is 341 g/mol. The molecule has 0 saturated carbocycles. The van der Waals surface area contributed by atoms with Crippen LogP contribution in [0.15, 0.2) is 30.3 Å². The molecule has 3 rings (SSSR count). The Kier molecular flexibility index (Phi) is 4.88. The maximum Gasteiger partial charge on any atom is 0.308 e. The first-order valence-corrected chi connectivity index (χ1v) is 8.56. The Balaban J connectivity index is 1.68. The van der Waals surface area contributed by atoms with Gasteiger partial charge in [0.25, 0.3) is 5.91 Å². The first-order chi connectivity index (χ1) is 11.9. The molecule has 1 aromatic carbocycles. The molecule has 0 unspecified atom stereocenters. The number of likely N-dealkylation sites (tertiary alicyclic amines) is 1. The van der Waals surface area contributed by atoms with E-state index in [9.17, 15) is 9.59 Å². The number of carbonyl (C=O) groups is 2. The molecule has 1 aromatic heterocycles. The van der Waals surface area contributed by atoms with E-state index in [-0.39, 0.29) is 5.91 Å². The molecule has 1 amide bonds. The summed E-state index contributed by atoms with van der Waals surface area (Å²) in [6, 6.07) is 9.53. The highest BCUT2D eigenvalue weighted by molar-refractivity contribution is 5.94. The maximum absolute atomic E-state index is 12.6. The van der Waals surface area contributed by atoms with Crippen LogP contribution in [0.3, 0.4) is 0 Å². The minimum atomic E-state index is -0.822. The molecule has 1 saturated heterocycles. The number of rotatable bonds is 4. The van der Waals surface area contributed by atoms with Gasteiger partial charge in [-0.05, 0) is 50.5 Å². The number of nitrogens with zero attached hydrogens (tertiary/aromatic N) is 3. The summed E-state index contributed by atoms with van der Waals surface area (Å²) in [5.41, 5.74) is 3.76. The highest BCUT2D eigenvalue weighted by Crippen LogP contribution is 2.19. The molecule has 1 aliphatic heterocycles. The van der Waals surface area contributed by atoms with Crippen molar-refractivity contribution in [2.24, 2.45) is 5.92 Å². The zero-order chi connectivity index (χ0) is 18.0. The molecular formula is C19H23N3O3. The summed E-state index contributed by atoms with van der Waals surface area (Å²) in [5, 5.41) is 13.6. The summed E-state index contributed by atoms with van der Waals surface area (Å²) in [6.07, 6.45) is 1.37. The van der Waals surface area contributed by atoms with Crippen molar-refractivity contribution in [3.8, 4) is 0 Å². The second kappa shape index (κ2) is 7.09. The van der Waals surface area contributed by atoms with Gasteiger partial charge in [0.2, 0.25) is 0 Å². The van der Waals surface area contributed by atoms with Gasteiger partial charge in [0.1, 0.15) is 0 Å². The van der Waals surface area contributed by atoms with Crippen molar-refractivity contribution in [2.75, 3.05) is 13.1 Å². The standard InChI is InChI=1S/C19H23N3O3/c1-13-10-14(2)22(20-13)11-15-5-7-16(8-6-15)18(23)21-9-3-4-17(12-21)19(24)25/h5-8,10,17H,3-4,9,11-12H2,1-2H3,(H,24,25)/t17-/m1/s1. The van der Waals surface area contributed by atoms with Crippen molar-refractivity contribution in [3.05, 3.63) is 52.8 Å². The lowest BCUT2D eigenvalue weighted by molar-refractivity contribution is -0.143. The number of hydrogen-bond donors (Lipinski definition) is 1. The lowest BCUT2D eigenvalue weighted by Crippen LogP contribution is -2.42. The molecular weight excluding hydrogens is 318 g/mol. The number of carboxylic acids is 1. The summed E-state index contributed by atoms with van der Waals surface area (Å²) >= 11 is 0. The van der Waals surface area contributed by atoms with E-state index in [1.807, 2.05) is 48.9 Å². The number of benzene rings is 1. The van der Waals surface area contributed by atoms with Crippen LogP contribution in [-0.2, 0) is 11.3 Å². The average molecular weight is 341 g/mol. The minimum Gasteiger partial charge on any atom is -0.481 e. The molecule has 1 N–H and O–H groups in total. The van der Waals surface area contributed by atoms with Gasteiger partial charge in [-0.2, -0.15) is 5.10 Å². The number of aromatic nitrogens is 2. The molecule has 6 nitrogen and oxygen atoms in total. The second-order valence-electron chi connectivity index (χ2n) is 6.71. The van der Waals surface area contributed by atoms with Gasteiger partial charge >= 0.3 is 5.97 Å². The lowest BCUT2D eigenvalue weighted by atomic mass is 9.97. The van der Waals surface area contributed by atoms with Crippen LogP contribution in [0.5, 0.6) is 0 Å². The molecule has 1 atom stereocenters. The summed E-state index contributed by atoms with van der Waals surface area (Å²) in [5.74, 6) is -1.37. The lowest BCUT2D eigenvalue weighted by Gasteiger charge is -2.30. The van der Waals surface area contributed by atoms with E-state index in [2.05, 4.69) is 5.10 Å². The van der Waals surface area contributed by atoms with Gasteiger partial charge in [0, 0.05) is 24.3 Å². The molecule has 25 heavy (non-hydrogen) atoms. The van der Waals surface area contributed by atoms with Crippen LogP contribution in [-0.4, -0.2) is 44.8 Å². The van der Waals surface area contributed by atoms with Crippen LogP contribution >= 0.6 is 0 Å². The molecule has 1 aliphatic rings. The predicted molar refractivity (Wildman–Crippen MR) is 93.5 cm³/mol. The summed E-state index contributed by atoms with van der Waals surface area (Å²) < 4.78 is 1.94. The van der Waals surface area contributed by atoms with Gasteiger partial charge in [0.15, 0.2) is 0 Å². The molecule has 2 heterocycles. The summed E-state index contributed by atoms with van der Waals surface area (Å²) in [4.78, 5) is 25.4. The van der Waals surface area contributed by atoms with E-state index >= 15 is 0 Å². The van der Waals surface area contributed by atoms with Crippen molar-refractivity contribution >= 4 is 11.9 Å². The zero-order valence-corrected chi connectivity index (χ0v) is 14.6. The van der Waals surface area contributed by atoms with Crippen molar-refractivity contribution in [1.29, 1.82) is 0 Å². The van der Waals surface area contributed by atoms with E-state index in [1.54, 1.807) is 4.90 Å². The van der Waals surface area contributed by atoms with Gasteiger partial charge in [-0.1, -0.05) is 12.1 Å². The Hall–Kier alpha value is -2.63. The van der Waals surface area contributed by atoms with E-state index in [0.29, 0.717) is 31.6 Å². The number of aliphatic carboxylic acids is 1. The Morgan fingerprint density at radius 3 is 2.56 bits per heavy atom. The zero-order valence-electron chi connectivity index (χ0n) is 14.6. The first-order valence-electron chi connectivity index (χ1n) is 8.56. The Morgan fingerprint density at radius 2 is 1.96 bits per heavy atom. The van der Waals surface area contributed by atoms with Gasteiger partial charge in [-0.3, -0.25) is 14.3 Å². The van der Waals surface area contributed by atoms with E-state index in [4.69, 9.17) is 5.11 Å². The maximum atomic E-state index is 12.6. The van der Waals surface area contributed by atoms with Gasteiger partial charge in [-0.25, -0.2) is 0 Å². The third-order valence-electron chi connectivity index (χ3n) is 4.69. The number of amides is 1. The minimum absolute atomic E-state index is 0.0939. The van der Waals surface area contributed by atoms with Crippen LogP contribution in [0.25, 0.3) is 0 Å². The first kappa shape index (κ1) is 17.2. The van der Waals surface area contributed by atoms with Crippen LogP contribution in [0.1, 0.15) is 40.2 Å². The molecule has 6 heteroatoms. The van der Waals surface area contributed by atoms with Crippen molar-refractivity contribution in [2.45, 2.75) is 33.2 Å².